The van der Waals surface area contributed by atoms with Gasteiger partial charge in [0.25, 0.3) is 0 Å². The molecule has 0 unspecified atom stereocenters. The van der Waals surface area contributed by atoms with Crippen LogP contribution >= 0.6 is 0 Å². The van der Waals surface area contributed by atoms with Gasteiger partial charge in [0, 0.05) is 11.3 Å². The van der Waals surface area contributed by atoms with Gasteiger partial charge < -0.3 is 20.1 Å². The number of carbonyl (C=O) groups excluding carboxylic acids is 2. The van der Waals surface area contributed by atoms with E-state index in [0.29, 0.717) is 5.70 Å². The van der Waals surface area contributed by atoms with E-state index in [1.165, 1.54) is 18.2 Å². The van der Waals surface area contributed by atoms with E-state index in [4.69, 9.17) is 4.74 Å². The van der Waals surface area contributed by atoms with Gasteiger partial charge in [-0.05, 0) is 26.8 Å². The standard InChI is InChI=1S/C16H18F2N2O4/c1-8(2)23-14(21)12-9(3)19-16(22)20-13(12)10-6-4-5-7-11(10)24-15(17)18/h4-8,13,15H,1-3H3,(H2,19,20,22)/t13-/m0/s1. The summed E-state index contributed by atoms with van der Waals surface area (Å²) in [6.07, 6.45) is -0.372. The minimum Gasteiger partial charge on any atom is -0.459 e. The second-order valence-electron chi connectivity index (χ2n) is 5.44. The lowest BCUT2D eigenvalue weighted by Crippen LogP contribution is -2.45. The van der Waals surface area contributed by atoms with Crippen LogP contribution in [0.3, 0.4) is 0 Å². The van der Waals surface area contributed by atoms with Crippen LogP contribution in [0.5, 0.6) is 5.75 Å². The van der Waals surface area contributed by atoms with Crippen molar-refractivity contribution >= 4 is 12.0 Å². The highest BCUT2D eigenvalue weighted by molar-refractivity contribution is 5.95. The summed E-state index contributed by atoms with van der Waals surface area (Å²) in [5, 5.41) is 5.03. The summed E-state index contributed by atoms with van der Waals surface area (Å²) in [4.78, 5) is 24.2. The fourth-order valence-corrected chi connectivity index (χ4v) is 2.40. The lowest BCUT2D eigenvalue weighted by Gasteiger charge is -2.29. The molecule has 1 aliphatic heterocycles. The number of allylic oxidation sites excluding steroid dienone is 1. The van der Waals surface area contributed by atoms with Crippen molar-refractivity contribution in [2.45, 2.75) is 39.5 Å². The highest BCUT2D eigenvalue weighted by Gasteiger charge is 2.34. The van der Waals surface area contributed by atoms with E-state index in [9.17, 15) is 18.4 Å². The Bertz CT molecular complexity index is 674. The summed E-state index contributed by atoms with van der Waals surface area (Å²) in [5.74, 6) is -0.769. The van der Waals surface area contributed by atoms with Crippen LogP contribution in [0, 0.1) is 0 Å². The van der Waals surface area contributed by atoms with Crippen LogP contribution in [0.25, 0.3) is 0 Å². The molecule has 0 radical (unpaired) electrons. The molecule has 2 amide bonds. The molecule has 0 fully saturated rings. The first-order valence-electron chi connectivity index (χ1n) is 7.32. The summed E-state index contributed by atoms with van der Waals surface area (Å²) in [6, 6.07) is 4.46. The molecule has 0 saturated heterocycles. The Balaban J connectivity index is 2.48. The summed E-state index contributed by atoms with van der Waals surface area (Å²) in [7, 11) is 0. The van der Waals surface area contributed by atoms with Crippen LogP contribution in [0.4, 0.5) is 13.6 Å². The molecule has 0 spiro atoms. The number of nitrogens with one attached hydrogen (secondary N) is 2. The smallest absolute Gasteiger partial charge is 0.387 e. The Morgan fingerprint density at radius 1 is 1.25 bits per heavy atom. The third-order valence-corrected chi connectivity index (χ3v) is 3.28. The van der Waals surface area contributed by atoms with E-state index in [0.717, 1.165) is 0 Å². The molecule has 1 atom stereocenters. The van der Waals surface area contributed by atoms with Crippen molar-refractivity contribution in [2.24, 2.45) is 0 Å². The Hall–Kier alpha value is -2.64. The first kappa shape index (κ1) is 17.7. The predicted molar refractivity (Wildman–Crippen MR) is 81.4 cm³/mol. The zero-order chi connectivity index (χ0) is 17.9. The molecule has 1 aromatic carbocycles. The molecular formula is C16H18F2N2O4. The zero-order valence-corrected chi connectivity index (χ0v) is 13.4. The Morgan fingerprint density at radius 3 is 2.54 bits per heavy atom. The highest BCUT2D eigenvalue weighted by Crippen LogP contribution is 2.34. The predicted octanol–water partition coefficient (Wildman–Crippen LogP) is 2.87. The minimum atomic E-state index is -3.03. The summed E-state index contributed by atoms with van der Waals surface area (Å²) in [6.45, 7) is 1.88. The van der Waals surface area contributed by atoms with Crippen molar-refractivity contribution in [1.29, 1.82) is 0 Å². The SMILES string of the molecule is CC1=C(C(=O)OC(C)C)[C@H](c2ccccc2OC(F)F)NC(=O)N1. The summed E-state index contributed by atoms with van der Waals surface area (Å²) in [5.41, 5.74) is 0.664. The van der Waals surface area contributed by atoms with Gasteiger partial charge in [-0.3, -0.25) is 0 Å². The molecule has 6 nitrogen and oxygen atoms in total. The van der Waals surface area contributed by atoms with Crippen molar-refractivity contribution in [3.05, 3.63) is 41.1 Å². The van der Waals surface area contributed by atoms with Crippen molar-refractivity contribution in [3.63, 3.8) is 0 Å². The van der Waals surface area contributed by atoms with Gasteiger partial charge in [0.15, 0.2) is 0 Å². The van der Waals surface area contributed by atoms with E-state index in [1.807, 2.05) is 0 Å². The van der Waals surface area contributed by atoms with E-state index in [1.54, 1.807) is 26.8 Å². The molecule has 1 heterocycles. The maximum Gasteiger partial charge on any atom is 0.387 e. The fraction of sp³-hybridized carbons (Fsp3) is 0.375. The van der Waals surface area contributed by atoms with Gasteiger partial charge in [-0.1, -0.05) is 18.2 Å². The van der Waals surface area contributed by atoms with E-state index in [-0.39, 0.29) is 23.0 Å². The van der Waals surface area contributed by atoms with Crippen LogP contribution in [-0.2, 0) is 9.53 Å². The number of ether oxygens (including phenoxy) is 2. The number of hydrogen-bond acceptors (Lipinski definition) is 4. The van der Waals surface area contributed by atoms with Gasteiger partial charge in [0.2, 0.25) is 0 Å². The Kier molecular flexibility index (Phi) is 5.38. The van der Waals surface area contributed by atoms with Crippen LogP contribution in [0.15, 0.2) is 35.5 Å². The number of urea groups is 1. The molecule has 0 aliphatic carbocycles. The van der Waals surface area contributed by atoms with E-state index >= 15 is 0 Å². The first-order chi connectivity index (χ1) is 11.3. The fourth-order valence-electron chi connectivity index (χ4n) is 2.40. The lowest BCUT2D eigenvalue weighted by atomic mass is 9.95. The number of esters is 1. The lowest BCUT2D eigenvalue weighted by molar-refractivity contribution is -0.143. The molecule has 1 aromatic rings. The Labute approximate surface area is 137 Å². The van der Waals surface area contributed by atoms with Gasteiger partial charge >= 0.3 is 18.6 Å². The molecule has 0 aromatic heterocycles. The number of alkyl halides is 2. The second kappa shape index (κ2) is 7.29. The monoisotopic (exact) mass is 340 g/mol. The van der Waals surface area contributed by atoms with Crippen molar-refractivity contribution in [1.82, 2.24) is 10.6 Å². The van der Waals surface area contributed by atoms with Crippen LogP contribution < -0.4 is 15.4 Å². The number of halogens is 2. The third kappa shape index (κ3) is 4.01. The molecule has 2 rings (SSSR count). The number of amides is 2. The zero-order valence-electron chi connectivity index (χ0n) is 13.4. The maximum absolute atomic E-state index is 12.6. The molecule has 2 N–H and O–H groups in total. The topological polar surface area (TPSA) is 76.7 Å². The molecule has 0 bridgehead atoms. The highest BCUT2D eigenvalue weighted by atomic mass is 19.3. The third-order valence-electron chi connectivity index (χ3n) is 3.28. The van der Waals surface area contributed by atoms with Crippen LogP contribution in [0.2, 0.25) is 0 Å². The number of para-hydroxylation sites is 1. The van der Waals surface area contributed by atoms with Gasteiger partial charge in [-0.15, -0.1) is 0 Å². The molecule has 130 valence electrons. The first-order valence-corrected chi connectivity index (χ1v) is 7.32. The van der Waals surface area contributed by atoms with Gasteiger partial charge in [0.05, 0.1) is 17.7 Å². The van der Waals surface area contributed by atoms with Crippen LogP contribution in [-0.4, -0.2) is 24.7 Å². The van der Waals surface area contributed by atoms with Crippen LogP contribution in [0.1, 0.15) is 32.4 Å². The number of hydrogen-bond donors (Lipinski definition) is 2. The Morgan fingerprint density at radius 2 is 1.92 bits per heavy atom. The number of carbonyl (C=O) groups is 2. The quantitative estimate of drug-likeness (QED) is 0.808. The minimum absolute atomic E-state index is 0.123. The largest absolute Gasteiger partial charge is 0.459 e. The molecule has 24 heavy (non-hydrogen) atoms. The van der Waals surface area contributed by atoms with E-state index < -0.39 is 24.7 Å². The normalized spacial score (nSPS) is 17.6. The van der Waals surface area contributed by atoms with E-state index in [2.05, 4.69) is 15.4 Å². The average Bonchev–Trinajstić information content (AvgIpc) is 2.45. The van der Waals surface area contributed by atoms with Crippen molar-refractivity contribution < 1.29 is 27.8 Å². The second-order valence-corrected chi connectivity index (χ2v) is 5.44. The number of rotatable bonds is 5. The molecule has 1 aliphatic rings. The van der Waals surface area contributed by atoms with Crippen molar-refractivity contribution in [3.8, 4) is 5.75 Å². The van der Waals surface area contributed by atoms with Gasteiger partial charge in [0.1, 0.15) is 5.75 Å². The summed E-state index contributed by atoms with van der Waals surface area (Å²) < 4.78 is 34.9. The molecular weight excluding hydrogens is 322 g/mol. The van der Waals surface area contributed by atoms with Gasteiger partial charge in [-0.2, -0.15) is 8.78 Å². The maximum atomic E-state index is 12.6. The average molecular weight is 340 g/mol. The van der Waals surface area contributed by atoms with Crippen molar-refractivity contribution in [2.75, 3.05) is 0 Å². The van der Waals surface area contributed by atoms with Gasteiger partial charge in [-0.25, -0.2) is 9.59 Å². The number of benzene rings is 1. The molecule has 0 saturated carbocycles. The summed E-state index contributed by atoms with van der Waals surface area (Å²) >= 11 is 0. The molecule has 8 heteroatoms.